The first-order valence-corrected chi connectivity index (χ1v) is 12.1. The molecule has 0 spiro atoms. The maximum atomic E-state index is 13.5. The number of amides is 1. The minimum atomic E-state index is -0.487. The van der Waals surface area contributed by atoms with Crippen molar-refractivity contribution in [1.29, 1.82) is 0 Å². The second-order valence-corrected chi connectivity index (χ2v) is 9.26. The van der Waals surface area contributed by atoms with Crippen molar-refractivity contribution in [3.05, 3.63) is 64.6 Å². The molecule has 4 heterocycles. The summed E-state index contributed by atoms with van der Waals surface area (Å²) in [5, 5.41) is 6.01. The summed E-state index contributed by atoms with van der Waals surface area (Å²) in [6.07, 6.45) is 5.17. The Morgan fingerprint density at radius 3 is 2.81 bits per heavy atom. The van der Waals surface area contributed by atoms with Crippen LogP contribution < -0.4 is 10.7 Å². The van der Waals surface area contributed by atoms with E-state index in [1.54, 1.807) is 23.9 Å². The molecule has 1 aromatic carbocycles. The summed E-state index contributed by atoms with van der Waals surface area (Å²) in [5.74, 6) is 0.149. The number of thioether (sulfide) groups is 1. The number of hydrogen-bond donors (Lipinski definition) is 2. The molecular formula is C23H23FN6OS. The third-order valence-electron chi connectivity index (χ3n) is 6.61. The number of aliphatic imine (C=N–C) groups is 1. The van der Waals surface area contributed by atoms with Crippen LogP contribution in [0.5, 0.6) is 0 Å². The number of nitrogens with zero attached hydrogens (tertiary/aromatic N) is 4. The highest BCUT2D eigenvalue weighted by Gasteiger charge is 2.51. The van der Waals surface area contributed by atoms with E-state index in [1.165, 1.54) is 12.5 Å². The Bertz CT molecular complexity index is 1150. The van der Waals surface area contributed by atoms with Gasteiger partial charge in [0.25, 0.3) is 5.91 Å². The minimum absolute atomic E-state index is 0.0724. The fraction of sp³-hybridized carbons (Fsp3) is 0.348. The van der Waals surface area contributed by atoms with Crippen molar-refractivity contribution >= 4 is 23.6 Å². The van der Waals surface area contributed by atoms with Crippen LogP contribution in [-0.4, -0.2) is 51.3 Å². The van der Waals surface area contributed by atoms with Gasteiger partial charge in [0.15, 0.2) is 0 Å². The van der Waals surface area contributed by atoms with Gasteiger partial charge in [-0.25, -0.2) is 15.4 Å². The van der Waals surface area contributed by atoms with E-state index >= 15 is 0 Å². The molecule has 3 atom stereocenters. The van der Waals surface area contributed by atoms with Gasteiger partial charge in [-0.05, 0) is 43.2 Å². The molecule has 3 aliphatic heterocycles. The lowest BCUT2D eigenvalue weighted by atomic mass is 10.1. The molecule has 164 valence electrons. The third kappa shape index (κ3) is 3.10. The molecule has 1 aromatic heterocycles. The Kier molecular flexibility index (Phi) is 4.69. The molecule has 7 nitrogen and oxygen atoms in total. The number of hydrogen-bond acceptors (Lipinski definition) is 7. The van der Waals surface area contributed by atoms with Crippen molar-refractivity contribution in [3.8, 4) is 11.3 Å². The highest BCUT2D eigenvalue weighted by molar-refractivity contribution is 8.02. The molecule has 6 rings (SSSR count). The van der Waals surface area contributed by atoms with Crippen LogP contribution in [0.25, 0.3) is 11.3 Å². The Labute approximate surface area is 189 Å². The molecule has 1 unspecified atom stereocenters. The Hall–Kier alpha value is -2.91. The lowest BCUT2D eigenvalue weighted by Gasteiger charge is -2.37. The van der Waals surface area contributed by atoms with Crippen LogP contribution in [-0.2, 0) is 11.3 Å². The van der Waals surface area contributed by atoms with E-state index < -0.39 is 5.95 Å². The van der Waals surface area contributed by atoms with E-state index in [0.717, 1.165) is 34.6 Å². The quantitative estimate of drug-likeness (QED) is 0.698. The average molecular weight is 451 g/mol. The molecule has 2 N–H and O–H groups in total. The maximum absolute atomic E-state index is 13.5. The van der Waals surface area contributed by atoms with Crippen molar-refractivity contribution in [3.63, 3.8) is 0 Å². The van der Waals surface area contributed by atoms with Crippen molar-refractivity contribution in [2.45, 2.75) is 44.1 Å². The molecule has 9 heteroatoms. The SMILES string of the molecule is CSC1=C2C(=O)NC3=N[C@@H]4CCC[C@@H]4N3C2NN1Cc1ccc(-c2cccc(F)n2)cc1. The van der Waals surface area contributed by atoms with Gasteiger partial charge in [-0.1, -0.05) is 30.3 Å². The van der Waals surface area contributed by atoms with Gasteiger partial charge in [-0.2, -0.15) is 4.39 Å². The summed E-state index contributed by atoms with van der Waals surface area (Å²) in [6, 6.07) is 13.4. The predicted octanol–water partition coefficient (Wildman–Crippen LogP) is 2.83. The number of fused-ring (bicyclic) bond motifs is 5. The second kappa shape index (κ2) is 7.60. The van der Waals surface area contributed by atoms with Crippen LogP contribution >= 0.6 is 11.8 Å². The van der Waals surface area contributed by atoms with Gasteiger partial charge in [0.1, 0.15) is 6.17 Å². The predicted molar refractivity (Wildman–Crippen MR) is 121 cm³/mol. The molecule has 1 aliphatic carbocycles. The van der Waals surface area contributed by atoms with Gasteiger partial charge < -0.3 is 4.90 Å². The van der Waals surface area contributed by atoms with Crippen LogP contribution in [0.2, 0.25) is 0 Å². The first kappa shape index (κ1) is 19.8. The van der Waals surface area contributed by atoms with E-state index in [9.17, 15) is 9.18 Å². The highest BCUT2D eigenvalue weighted by atomic mass is 32.2. The summed E-state index contributed by atoms with van der Waals surface area (Å²) in [7, 11) is 0. The number of halogens is 1. The molecule has 1 saturated heterocycles. The summed E-state index contributed by atoms with van der Waals surface area (Å²) in [5.41, 5.74) is 6.89. The van der Waals surface area contributed by atoms with Gasteiger partial charge in [0.05, 0.1) is 34.9 Å². The van der Waals surface area contributed by atoms with Gasteiger partial charge in [0.2, 0.25) is 11.9 Å². The summed E-state index contributed by atoms with van der Waals surface area (Å²) in [4.78, 5) is 23.9. The normalized spacial score (nSPS) is 26.1. The van der Waals surface area contributed by atoms with Gasteiger partial charge >= 0.3 is 0 Å². The summed E-state index contributed by atoms with van der Waals surface area (Å²) in [6.45, 7) is 0.606. The van der Waals surface area contributed by atoms with Crippen molar-refractivity contribution in [2.75, 3.05) is 6.26 Å². The molecule has 0 radical (unpaired) electrons. The Morgan fingerprint density at radius 1 is 1.19 bits per heavy atom. The molecule has 1 amide bonds. The molecule has 2 aromatic rings. The molecule has 2 fully saturated rings. The lowest BCUT2D eigenvalue weighted by Crippen LogP contribution is -2.62. The number of hydrazine groups is 1. The number of nitrogens with one attached hydrogen (secondary N) is 2. The average Bonchev–Trinajstić information content (AvgIpc) is 3.47. The zero-order chi connectivity index (χ0) is 21.8. The van der Waals surface area contributed by atoms with Crippen LogP contribution in [0, 0.1) is 5.95 Å². The van der Waals surface area contributed by atoms with Crippen LogP contribution in [0.15, 0.2) is 58.1 Å². The van der Waals surface area contributed by atoms with E-state index in [0.29, 0.717) is 24.2 Å². The highest BCUT2D eigenvalue weighted by Crippen LogP contribution is 2.40. The van der Waals surface area contributed by atoms with Crippen molar-refractivity contribution in [1.82, 2.24) is 25.6 Å². The van der Waals surface area contributed by atoms with Gasteiger partial charge in [-0.15, -0.1) is 11.8 Å². The van der Waals surface area contributed by atoms with Crippen LogP contribution in [0.3, 0.4) is 0 Å². The minimum Gasteiger partial charge on any atom is -0.316 e. The van der Waals surface area contributed by atoms with E-state index in [1.807, 2.05) is 30.5 Å². The zero-order valence-corrected chi connectivity index (χ0v) is 18.4. The first-order chi connectivity index (χ1) is 15.6. The molecule has 32 heavy (non-hydrogen) atoms. The van der Waals surface area contributed by atoms with Gasteiger partial charge in [-0.3, -0.25) is 15.1 Å². The number of guanidine groups is 1. The van der Waals surface area contributed by atoms with E-state index in [-0.39, 0.29) is 18.1 Å². The number of aromatic nitrogens is 1. The number of carbonyl (C=O) groups excluding carboxylic acids is 1. The number of rotatable bonds is 4. The molecule has 0 bridgehead atoms. The second-order valence-electron chi connectivity index (χ2n) is 8.46. The summed E-state index contributed by atoms with van der Waals surface area (Å²) >= 11 is 1.57. The lowest BCUT2D eigenvalue weighted by molar-refractivity contribution is -0.117. The van der Waals surface area contributed by atoms with Gasteiger partial charge in [0, 0.05) is 5.56 Å². The topological polar surface area (TPSA) is 72.9 Å². The first-order valence-electron chi connectivity index (χ1n) is 10.8. The third-order valence-corrected chi connectivity index (χ3v) is 7.44. The summed E-state index contributed by atoms with van der Waals surface area (Å²) < 4.78 is 13.5. The Balaban J connectivity index is 1.26. The number of benzene rings is 1. The fourth-order valence-corrected chi connectivity index (χ4v) is 5.94. The fourth-order valence-electron chi connectivity index (χ4n) is 5.18. The van der Waals surface area contributed by atoms with Crippen molar-refractivity contribution in [2.24, 2.45) is 4.99 Å². The van der Waals surface area contributed by atoms with E-state index in [2.05, 4.69) is 25.6 Å². The maximum Gasteiger partial charge on any atom is 0.260 e. The van der Waals surface area contributed by atoms with Crippen LogP contribution in [0.4, 0.5) is 4.39 Å². The largest absolute Gasteiger partial charge is 0.316 e. The zero-order valence-electron chi connectivity index (χ0n) is 17.6. The monoisotopic (exact) mass is 450 g/mol. The molecular weight excluding hydrogens is 427 g/mol. The molecule has 1 saturated carbocycles. The molecule has 4 aliphatic rings. The smallest absolute Gasteiger partial charge is 0.260 e. The van der Waals surface area contributed by atoms with Crippen molar-refractivity contribution < 1.29 is 9.18 Å². The number of carbonyl (C=O) groups is 1. The van der Waals surface area contributed by atoms with E-state index in [4.69, 9.17) is 4.99 Å². The standard InChI is InChI=1S/C23H23FN6OS/c1-32-22-19-20(30-17-6-2-5-16(17)26-23(30)27-21(19)31)28-29(22)12-13-8-10-14(11-9-13)15-4-3-7-18(24)25-15/h3-4,7-11,16-17,20,28H,2,5-6,12H2,1H3,(H,26,27,31)/t16-,17+,20?/m1/s1. The number of pyridine rings is 1. The Morgan fingerprint density at radius 2 is 2.03 bits per heavy atom. The van der Waals surface area contributed by atoms with Crippen LogP contribution in [0.1, 0.15) is 24.8 Å².